The molecule has 1 aliphatic carbocycles. The van der Waals surface area contributed by atoms with E-state index < -0.39 is 0 Å². The summed E-state index contributed by atoms with van der Waals surface area (Å²) in [5.74, 6) is 0.922. The Hall–Kier alpha value is -0.0400. The van der Waals surface area contributed by atoms with Crippen LogP contribution in [0.1, 0.15) is 97.3 Å². The SMILES string of the molecule is CCCCCCC(CCCCCC)CC1(N)CC1. The van der Waals surface area contributed by atoms with Gasteiger partial charge in [0.15, 0.2) is 0 Å². The zero-order valence-electron chi connectivity index (χ0n) is 12.8. The van der Waals surface area contributed by atoms with Gasteiger partial charge in [-0.15, -0.1) is 0 Å². The van der Waals surface area contributed by atoms with Crippen molar-refractivity contribution in [1.29, 1.82) is 0 Å². The van der Waals surface area contributed by atoms with Gasteiger partial charge in [0.1, 0.15) is 0 Å². The Kier molecular flexibility index (Phi) is 7.97. The molecule has 0 aromatic heterocycles. The fraction of sp³-hybridized carbons (Fsp3) is 1.00. The molecule has 1 nitrogen and oxygen atoms in total. The second-order valence-corrected chi connectivity index (χ2v) is 6.63. The van der Waals surface area contributed by atoms with Crippen molar-refractivity contribution in [3.05, 3.63) is 0 Å². The molecule has 1 saturated carbocycles. The lowest BCUT2D eigenvalue weighted by atomic mass is 9.88. The van der Waals surface area contributed by atoms with Crippen LogP contribution in [-0.4, -0.2) is 5.54 Å². The molecule has 0 unspecified atom stereocenters. The topological polar surface area (TPSA) is 26.0 Å². The van der Waals surface area contributed by atoms with E-state index in [-0.39, 0.29) is 5.54 Å². The Morgan fingerprint density at radius 3 is 1.72 bits per heavy atom. The average Bonchev–Trinajstić information content (AvgIpc) is 3.07. The molecule has 1 rings (SSSR count). The van der Waals surface area contributed by atoms with Crippen molar-refractivity contribution in [2.24, 2.45) is 11.7 Å². The number of unbranched alkanes of at least 4 members (excludes halogenated alkanes) is 6. The van der Waals surface area contributed by atoms with E-state index >= 15 is 0 Å². The molecule has 1 aliphatic rings. The van der Waals surface area contributed by atoms with Crippen molar-refractivity contribution in [1.82, 2.24) is 0 Å². The molecule has 0 bridgehead atoms. The molecular formula is C17H35N. The quantitative estimate of drug-likeness (QED) is 0.461. The highest BCUT2D eigenvalue weighted by Crippen LogP contribution is 2.40. The summed E-state index contributed by atoms with van der Waals surface area (Å²) in [4.78, 5) is 0. The van der Waals surface area contributed by atoms with Crippen molar-refractivity contribution < 1.29 is 0 Å². The van der Waals surface area contributed by atoms with Gasteiger partial charge in [0.25, 0.3) is 0 Å². The van der Waals surface area contributed by atoms with Gasteiger partial charge in [-0.05, 0) is 25.2 Å². The van der Waals surface area contributed by atoms with Crippen LogP contribution in [0.3, 0.4) is 0 Å². The van der Waals surface area contributed by atoms with Crippen molar-refractivity contribution in [2.75, 3.05) is 0 Å². The first kappa shape index (κ1) is 16.0. The van der Waals surface area contributed by atoms with Crippen molar-refractivity contribution >= 4 is 0 Å². The summed E-state index contributed by atoms with van der Waals surface area (Å²) in [5.41, 5.74) is 6.57. The highest BCUT2D eigenvalue weighted by molar-refractivity contribution is 4.99. The Morgan fingerprint density at radius 2 is 1.33 bits per heavy atom. The largest absolute Gasteiger partial charge is 0.325 e. The molecule has 0 atom stereocenters. The molecule has 0 spiro atoms. The van der Waals surface area contributed by atoms with Gasteiger partial charge in [0.2, 0.25) is 0 Å². The van der Waals surface area contributed by atoms with E-state index in [0.29, 0.717) is 0 Å². The summed E-state index contributed by atoms with van der Waals surface area (Å²) < 4.78 is 0. The molecule has 2 N–H and O–H groups in total. The molecule has 1 fully saturated rings. The smallest absolute Gasteiger partial charge is 0.0158 e. The second-order valence-electron chi connectivity index (χ2n) is 6.63. The standard InChI is InChI=1S/C17H35N/c1-3-5-7-9-11-16(12-10-8-6-4-2)15-17(18)13-14-17/h16H,3-15,18H2,1-2H3. The van der Waals surface area contributed by atoms with Gasteiger partial charge in [-0.2, -0.15) is 0 Å². The minimum atomic E-state index is 0.264. The Bertz CT molecular complexity index is 184. The van der Waals surface area contributed by atoms with Crippen LogP contribution < -0.4 is 5.73 Å². The van der Waals surface area contributed by atoms with Gasteiger partial charge in [0.05, 0.1) is 0 Å². The predicted octanol–water partition coefficient (Wildman–Crippen LogP) is 5.42. The Balaban J connectivity index is 2.14. The van der Waals surface area contributed by atoms with Crippen LogP contribution >= 0.6 is 0 Å². The van der Waals surface area contributed by atoms with Crippen LogP contribution in [-0.2, 0) is 0 Å². The highest BCUT2D eigenvalue weighted by Gasteiger charge is 2.39. The maximum atomic E-state index is 6.31. The van der Waals surface area contributed by atoms with Crippen LogP contribution in [0.5, 0.6) is 0 Å². The normalized spacial score (nSPS) is 17.3. The number of rotatable bonds is 12. The molecule has 108 valence electrons. The Morgan fingerprint density at radius 1 is 0.833 bits per heavy atom. The molecule has 0 saturated heterocycles. The minimum absolute atomic E-state index is 0.264. The minimum Gasteiger partial charge on any atom is -0.325 e. The first-order valence-corrected chi connectivity index (χ1v) is 8.49. The summed E-state index contributed by atoms with van der Waals surface area (Å²) in [7, 11) is 0. The van der Waals surface area contributed by atoms with E-state index in [2.05, 4.69) is 13.8 Å². The third-order valence-corrected chi connectivity index (χ3v) is 4.52. The van der Waals surface area contributed by atoms with E-state index in [1.807, 2.05) is 0 Å². The molecule has 0 aromatic carbocycles. The van der Waals surface area contributed by atoms with Gasteiger partial charge >= 0.3 is 0 Å². The van der Waals surface area contributed by atoms with Crippen LogP contribution in [0.25, 0.3) is 0 Å². The first-order chi connectivity index (χ1) is 8.70. The predicted molar refractivity (Wildman–Crippen MR) is 81.8 cm³/mol. The molecule has 0 radical (unpaired) electrons. The van der Waals surface area contributed by atoms with Crippen LogP contribution in [0.4, 0.5) is 0 Å². The maximum absolute atomic E-state index is 6.31. The molecule has 0 heterocycles. The lowest BCUT2D eigenvalue weighted by Gasteiger charge is -2.20. The van der Waals surface area contributed by atoms with E-state index in [9.17, 15) is 0 Å². The lowest BCUT2D eigenvalue weighted by Crippen LogP contribution is -2.25. The first-order valence-electron chi connectivity index (χ1n) is 8.49. The highest BCUT2D eigenvalue weighted by atomic mass is 14.8. The van der Waals surface area contributed by atoms with Crippen LogP contribution in [0.2, 0.25) is 0 Å². The third-order valence-electron chi connectivity index (χ3n) is 4.52. The van der Waals surface area contributed by atoms with Crippen molar-refractivity contribution in [3.8, 4) is 0 Å². The molecular weight excluding hydrogens is 218 g/mol. The molecule has 0 aromatic rings. The molecule has 0 aliphatic heterocycles. The maximum Gasteiger partial charge on any atom is 0.0158 e. The fourth-order valence-electron chi connectivity index (χ4n) is 3.01. The third kappa shape index (κ3) is 7.41. The summed E-state index contributed by atoms with van der Waals surface area (Å²) in [6, 6.07) is 0. The van der Waals surface area contributed by atoms with E-state index in [4.69, 9.17) is 5.73 Å². The van der Waals surface area contributed by atoms with Crippen LogP contribution in [0, 0.1) is 5.92 Å². The summed E-state index contributed by atoms with van der Waals surface area (Å²) in [5, 5.41) is 0. The molecule has 18 heavy (non-hydrogen) atoms. The monoisotopic (exact) mass is 253 g/mol. The number of hydrogen-bond acceptors (Lipinski definition) is 1. The lowest BCUT2D eigenvalue weighted by molar-refractivity contribution is 0.347. The van der Waals surface area contributed by atoms with E-state index in [1.54, 1.807) is 0 Å². The zero-order chi connectivity index (χ0) is 13.3. The van der Waals surface area contributed by atoms with Gasteiger partial charge in [0, 0.05) is 5.54 Å². The molecule has 0 amide bonds. The van der Waals surface area contributed by atoms with Crippen molar-refractivity contribution in [3.63, 3.8) is 0 Å². The molecule has 1 heteroatoms. The summed E-state index contributed by atoms with van der Waals surface area (Å²) in [6.07, 6.45) is 18.0. The van der Waals surface area contributed by atoms with Crippen LogP contribution in [0.15, 0.2) is 0 Å². The number of hydrogen-bond donors (Lipinski definition) is 1. The average molecular weight is 253 g/mol. The van der Waals surface area contributed by atoms with Gasteiger partial charge < -0.3 is 5.73 Å². The van der Waals surface area contributed by atoms with Gasteiger partial charge in [-0.25, -0.2) is 0 Å². The van der Waals surface area contributed by atoms with E-state index in [0.717, 1.165) is 5.92 Å². The summed E-state index contributed by atoms with van der Waals surface area (Å²) >= 11 is 0. The van der Waals surface area contributed by atoms with Gasteiger partial charge in [-0.3, -0.25) is 0 Å². The van der Waals surface area contributed by atoms with E-state index in [1.165, 1.54) is 83.5 Å². The second kappa shape index (κ2) is 8.96. The van der Waals surface area contributed by atoms with Gasteiger partial charge in [-0.1, -0.05) is 78.1 Å². The zero-order valence-corrected chi connectivity index (χ0v) is 12.8. The van der Waals surface area contributed by atoms with Crippen molar-refractivity contribution in [2.45, 2.75) is 103 Å². The Labute approximate surface area is 115 Å². The summed E-state index contributed by atoms with van der Waals surface area (Å²) in [6.45, 7) is 4.59. The number of nitrogens with two attached hydrogens (primary N) is 1. The fourth-order valence-corrected chi connectivity index (χ4v) is 3.01.